The van der Waals surface area contributed by atoms with Gasteiger partial charge in [0.15, 0.2) is 46.4 Å². The van der Waals surface area contributed by atoms with Gasteiger partial charge in [0.2, 0.25) is 12.4 Å². The van der Waals surface area contributed by atoms with Crippen molar-refractivity contribution in [2.45, 2.75) is 89.0 Å². The first-order valence-corrected chi connectivity index (χ1v) is 30.2. The standard InChI is InChI=1S/C52H62F2N18O16S3/c1-51(2)39(63-43(73)37(33-23-89-49(59)61-33)65-85-35(47(77)78)21-83-25-9-11-27(31(53)17-25)29-19-69(15-7-13-55)67(5)41(29)57)45(75)71(51)87-91(81,82)88-72-46(76)40(52(72,3)4)64-44(74)38(34-24-90-50(60)62-34)66-86-36(48(79)80)22-84-26-10-12-28(32(54)18-26)30-20-70(16-8-14-56)68(6)42(30)58/h9-12,17-20,23-24,35-36,39-40,57-58H,7-8,13-16,21-22,55-56H2,1-6H3,(H8,59,60,61,62,63,64,73,74,77,78,79,80)/p+2/b65-37-,66-38-/t35-,36-,39+,40+/m0/s1. The number of oxime groups is 2. The fourth-order valence-electron chi connectivity index (χ4n) is 9.11. The number of carboxylic acids is 2. The number of carbonyl (C=O) groups excluding carboxylic acids is 4. The maximum atomic E-state index is 15.5. The average Bonchev–Trinajstić information content (AvgIpc) is 1.43. The first kappa shape index (κ1) is 67.3. The molecule has 2 saturated heterocycles. The number of carbonyl (C=O) groups is 6. The van der Waals surface area contributed by atoms with Gasteiger partial charge in [0, 0.05) is 46.9 Å². The van der Waals surface area contributed by atoms with E-state index >= 15 is 8.78 Å². The zero-order chi connectivity index (χ0) is 66.6. The molecule has 4 aromatic heterocycles. The largest absolute Gasteiger partial charge is 0.489 e. The SMILES string of the molecule is Cn1c(N)c(-c2ccc(OC[C@H](O/N=C(\C(=O)N[C@@H]3C(=O)N(OS(=O)(=O)ON4C(=O)[C@@H](NC(=O)/C(=N\O[C@@H](COc5ccc(-c6c[n+](CCCN)n(C)c6N)c(F)c5)C(=O)O)c5csc(N)n5)C4(C)C)C3(C)C)c3csc(N)n3)C(=O)O)cc2F)c[n+]1CCCN. The minimum atomic E-state index is -5.42. The smallest absolute Gasteiger partial charge is 0.442 e. The summed E-state index contributed by atoms with van der Waals surface area (Å²) in [6.07, 6.45) is 0.727. The lowest BCUT2D eigenvalue weighted by molar-refractivity contribution is -0.772. The van der Waals surface area contributed by atoms with Crippen LogP contribution in [0.1, 0.15) is 51.9 Å². The number of hydrogen-bond donors (Lipinski definition) is 10. The Balaban J connectivity index is 0.875. The molecule has 91 heavy (non-hydrogen) atoms. The molecule has 6 heterocycles. The molecule has 34 nitrogen and oxygen atoms in total. The number of nitrogens with zero attached hydrogens (tertiary/aromatic N) is 10. The lowest BCUT2D eigenvalue weighted by Crippen LogP contribution is -2.78. The third-order valence-corrected chi connectivity index (χ3v) is 16.3. The fourth-order valence-corrected chi connectivity index (χ4v) is 11.1. The predicted molar refractivity (Wildman–Crippen MR) is 317 cm³/mol. The van der Waals surface area contributed by atoms with Crippen molar-refractivity contribution in [3.05, 3.63) is 82.6 Å². The molecule has 39 heteroatoms. The third kappa shape index (κ3) is 14.5. The van der Waals surface area contributed by atoms with Gasteiger partial charge in [0.05, 0.1) is 36.3 Å². The van der Waals surface area contributed by atoms with Crippen LogP contribution >= 0.6 is 22.7 Å². The molecule has 0 aliphatic carbocycles. The molecule has 2 aromatic carbocycles. The Kier molecular flexibility index (Phi) is 20.1. The maximum absolute atomic E-state index is 15.5. The van der Waals surface area contributed by atoms with Crippen LogP contribution in [-0.4, -0.2) is 157 Å². The molecular formula is C52H64F2N18O16S3+2. The van der Waals surface area contributed by atoms with E-state index in [-0.39, 0.29) is 55.9 Å². The van der Waals surface area contributed by atoms with Crippen LogP contribution in [0.25, 0.3) is 22.3 Å². The second-order valence-electron chi connectivity index (χ2n) is 21.2. The van der Waals surface area contributed by atoms with Crippen molar-refractivity contribution in [3.63, 3.8) is 0 Å². The number of hydrogen-bond acceptors (Lipinski definition) is 26. The van der Waals surface area contributed by atoms with E-state index in [0.29, 0.717) is 60.3 Å². The van der Waals surface area contributed by atoms with Crippen molar-refractivity contribution >= 4 is 102 Å². The Morgan fingerprint density at radius 1 is 0.670 bits per heavy atom. The van der Waals surface area contributed by atoms with Gasteiger partial charge in [-0.1, -0.05) is 10.3 Å². The van der Waals surface area contributed by atoms with Gasteiger partial charge in [-0.2, -0.15) is 18.5 Å². The Labute approximate surface area is 523 Å². The van der Waals surface area contributed by atoms with E-state index < -0.39 is 118 Å². The van der Waals surface area contributed by atoms with Gasteiger partial charge in [-0.05, 0) is 65.0 Å². The highest BCUT2D eigenvalue weighted by atomic mass is 32.3. The number of nitrogen functional groups attached to an aromatic ring is 4. The second-order valence-corrected chi connectivity index (χ2v) is 24.1. The van der Waals surface area contributed by atoms with E-state index in [4.69, 9.17) is 62.1 Å². The Morgan fingerprint density at radius 2 is 1.04 bits per heavy atom. The van der Waals surface area contributed by atoms with E-state index in [0.717, 1.165) is 34.8 Å². The topological polar surface area (TPSA) is 487 Å². The molecule has 0 bridgehead atoms. The van der Waals surface area contributed by atoms with Crippen LogP contribution in [0, 0.1) is 11.6 Å². The molecule has 4 amide bonds. The number of hydroxylamine groups is 4. The van der Waals surface area contributed by atoms with Crippen LogP contribution in [0.2, 0.25) is 0 Å². The minimum Gasteiger partial charge on any atom is -0.489 e. The zero-order valence-corrected chi connectivity index (χ0v) is 51.7. The summed E-state index contributed by atoms with van der Waals surface area (Å²) in [6.45, 7) is 5.40. The number of anilines is 4. The fraction of sp³-hybridized carbons (Fsp3) is 0.385. The van der Waals surface area contributed by atoms with Crippen molar-refractivity contribution in [1.29, 1.82) is 0 Å². The van der Waals surface area contributed by atoms with Crippen LogP contribution < -0.4 is 63.9 Å². The number of nitrogens with one attached hydrogen (secondary N) is 2. The maximum Gasteiger partial charge on any atom is 0.442 e. The Bertz CT molecular complexity index is 3740. The first-order valence-electron chi connectivity index (χ1n) is 27.1. The Morgan fingerprint density at radius 3 is 1.35 bits per heavy atom. The van der Waals surface area contributed by atoms with E-state index in [1.807, 2.05) is 0 Å². The molecule has 2 aliphatic heterocycles. The van der Waals surface area contributed by atoms with Crippen molar-refractivity contribution in [1.82, 2.24) is 40.1 Å². The van der Waals surface area contributed by atoms with Crippen LogP contribution in [-0.2, 0) is 84.6 Å². The molecule has 0 unspecified atom stereocenters. The molecule has 6 aromatic rings. The number of aliphatic carboxylic acids is 2. The van der Waals surface area contributed by atoms with Crippen molar-refractivity contribution in [2.24, 2.45) is 35.9 Å². The predicted octanol–water partition coefficient (Wildman–Crippen LogP) is -0.985. The van der Waals surface area contributed by atoms with E-state index in [1.165, 1.54) is 62.7 Å². The van der Waals surface area contributed by atoms with Gasteiger partial charge < -0.3 is 74.4 Å². The average molecular weight is 1330 g/mol. The number of thiazole rings is 2. The highest BCUT2D eigenvalue weighted by molar-refractivity contribution is 7.81. The minimum absolute atomic E-state index is 0.0635. The molecule has 488 valence electrons. The third-order valence-electron chi connectivity index (χ3n) is 14.3. The number of aromatic nitrogens is 6. The highest BCUT2D eigenvalue weighted by Gasteiger charge is 2.61. The molecule has 2 aliphatic rings. The summed E-state index contributed by atoms with van der Waals surface area (Å²) in [5, 5.41) is 35.2. The van der Waals surface area contributed by atoms with Crippen molar-refractivity contribution in [3.8, 4) is 33.8 Å². The van der Waals surface area contributed by atoms with E-state index in [9.17, 15) is 47.4 Å². The summed E-state index contributed by atoms with van der Waals surface area (Å²) in [4.78, 5) is 98.1. The second kappa shape index (κ2) is 27.2. The summed E-state index contributed by atoms with van der Waals surface area (Å²) >= 11 is 1.71. The number of β-lactam (4-membered cyclic amide) rings is 2. The summed E-state index contributed by atoms with van der Waals surface area (Å²) in [7, 11) is -2.02. The van der Waals surface area contributed by atoms with Gasteiger partial charge in [0.1, 0.15) is 59.8 Å². The van der Waals surface area contributed by atoms with Gasteiger partial charge in [0.25, 0.3) is 35.8 Å². The number of halogens is 2. The van der Waals surface area contributed by atoms with Gasteiger partial charge >= 0.3 is 22.3 Å². The van der Waals surface area contributed by atoms with Crippen LogP contribution in [0.4, 0.5) is 30.7 Å². The number of ether oxygens (including phenoxy) is 2. The summed E-state index contributed by atoms with van der Waals surface area (Å²) in [6, 6.07) is 4.33. The number of benzene rings is 2. The van der Waals surface area contributed by atoms with Gasteiger partial charge in [-0.3, -0.25) is 19.2 Å². The quantitative estimate of drug-likeness (QED) is 0.0112. The normalized spacial score (nSPS) is 17.0. The Hall–Kier alpha value is -9.67. The van der Waals surface area contributed by atoms with Gasteiger partial charge in [-0.15, -0.1) is 50.0 Å². The zero-order valence-electron chi connectivity index (χ0n) is 49.3. The molecule has 4 atom stereocenters. The molecule has 2 fully saturated rings. The molecule has 8 rings (SSSR count). The molecule has 0 spiro atoms. The number of rotatable bonds is 30. The van der Waals surface area contributed by atoms with Gasteiger partial charge in [-0.25, -0.2) is 28.3 Å². The van der Waals surface area contributed by atoms with Crippen LogP contribution in [0.3, 0.4) is 0 Å². The molecule has 0 radical (unpaired) electrons. The van der Waals surface area contributed by atoms with Crippen molar-refractivity contribution < 1.29 is 93.3 Å². The van der Waals surface area contributed by atoms with Crippen LogP contribution in [0.5, 0.6) is 11.5 Å². The summed E-state index contributed by atoms with van der Waals surface area (Å²) in [5.41, 5.74) is 31.1. The molecular weight excluding hydrogens is 1270 g/mol. The number of carboxylic acid groups (broad SMARTS) is 2. The highest BCUT2D eigenvalue weighted by Crippen LogP contribution is 2.38. The number of aryl methyl sites for hydroxylation is 2. The number of nitrogens with two attached hydrogens (primary N) is 6. The lowest BCUT2D eigenvalue weighted by atomic mass is 9.84. The summed E-state index contributed by atoms with van der Waals surface area (Å²) in [5.74, 6) is -9.21. The van der Waals surface area contributed by atoms with E-state index in [1.54, 1.807) is 45.2 Å². The lowest BCUT2D eigenvalue weighted by Gasteiger charge is -2.52. The summed E-state index contributed by atoms with van der Waals surface area (Å²) < 4.78 is 85.8. The first-order chi connectivity index (χ1) is 42.9. The number of amides is 4. The monoisotopic (exact) mass is 1330 g/mol. The van der Waals surface area contributed by atoms with Crippen LogP contribution in [0.15, 0.2) is 69.9 Å². The molecule has 16 N–H and O–H groups in total. The molecule has 0 saturated carbocycles. The van der Waals surface area contributed by atoms with Crippen molar-refractivity contribution in [2.75, 3.05) is 49.2 Å². The van der Waals surface area contributed by atoms with E-state index in [2.05, 4.69) is 30.9 Å².